The van der Waals surface area contributed by atoms with Crippen molar-refractivity contribution in [1.82, 2.24) is 0 Å². The number of benzene rings is 2. The van der Waals surface area contributed by atoms with Crippen LogP contribution < -0.4 is 9.47 Å². The van der Waals surface area contributed by atoms with Gasteiger partial charge in [-0.05, 0) is 61.9 Å². The average Bonchev–Trinajstić information content (AvgIpc) is 2.60. The summed E-state index contributed by atoms with van der Waals surface area (Å²) < 4.78 is 36.2. The van der Waals surface area contributed by atoms with Crippen molar-refractivity contribution in [2.24, 2.45) is 0 Å². The number of hydrogen-bond donors (Lipinski definition) is 0. The van der Waals surface area contributed by atoms with Crippen LogP contribution in [-0.4, -0.2) is 21.6 Å². The molecule has 0 aliphatic carbocycles. The normalized spacial score (nSPS) is 11.9. The molecule has 2 aromatic carbocycles. The summed E-state index contributed by atoms with van der Waals surface area (Å²) in [6.45, 7) is 3.78. The molecule has 0 saturated heterocycles. The molecule has 0 aliphatic heterocycles. The van der Waals surface area contributed by atoms with E-state index in [2.05, 4.69) is 0 Å². The van der Waals surface area contributed by atoms with E-state index >= 15 is 0 Å². The minimum atomic E-state index is -3.95. The highest BCUT2D eigenvalue weighted by molar-refractivity contribution is 7.95. The molecule has 0 bridgehead atoms. The van der Waals surface area contributed by atoms with Crippen LogP contribution in [0.1, 0.15) is 19.4 Å². The van der Waals surface area contributed by atoms with E-state index in [-0.39, 0.29) is 15.9 Å². The van der Waals surface area contributed by atoms with Gasteiger partial charge in [0.05, 0.1) is 18.1 Å². The van der Waals surface area contributed by atoms with Crippen LogP contribution in [0.4, 0.5) is 0 Å². The van der Waals surface area contributed by atoms with Crippen molar-refractivity contribution in [3.8, 4) is 17.6 Å². The molecule has 0 fully saturated rings. The second-order valence-electron chi connectivity index (χ2n) is 5.65. The number of nitrogens with zero attached hydrogens (tertiary/aromatic N) is 1. The highest BCUT2D eigenvalue weighted by atomic mass is 35.5. The fraction of sp³-hybridized carbons (Fsp3) is 0.211. The molecule has 0 N–H and O–H groups in total. The zero-order valence-electron chi connectivity index (χ0n) is 14.6. The summed E-state index contributed by atoms with van der Waals surface area (Å²) in [5.41, 5.74) is 0.507. The topological polar surface area (TPSA) is 76.4 Å². The molecule has 0 radical (unpaired) electrons. The molecule has 0 aromatic heterocycles. The van der Waals surface area contributed by atoms with Crippen LogP contribution in [-0.2, 0) is 9.84 Å². The first kappa shape index (κ1) is 19.8. The zero-order chi connectivity index (χ0) is 19.3. The Balaban J connectivity index is 2.45. The maximum atomic E-state index is 12.7. The van der Waals surface area contributed by atoms with Gasteiger partial charge in [-0.1, -0.05) is 17.7 Å². The van der Waals surface area contributed by atoms with E-state index in [1.165, 1.54) is 37.5 Å². The summed E-state index contributed by atoms with van der Waals surface area (Å²) in [7, 11) is -2.45. The molecule has 0 unspecified atom stereocenters. The van der Waals surface area contributed by atoms with Crippen molar-refractivity contribution in [2.45, 2.75) is 24.8 Å². The zero-order valence-corrected chi connectivity index (χ0v) is 16.1. The summed E-state index contributed by atoms with van der Waals surface area (Å²) in [4.78, 5) is -0.374. The molecular formula is C19H18ClNO4S. The van der Waals surface area contributed by atoms with Crippen LogP contribution in [0.5, 0.6) is 11.5 Å². The molecule has 26 heavy (non-hydrogen) atoms. The Bertz CT molecular complexity index is 958. The summed E-state index contributed by atoms with van der Waals surface area (Å²) in [5, 5.41) is 9.77. The van der Waals surface area contributed by atoms with Gasteiger partial charge in [0.25, 0.3) is 0 Å². The van der Waals surface area contributed by atoms with E-state index in [1.54, 1.807) is 24.3 Å². The highest BCUT2D eigenvalue weighted by Crippen LogP contribution is 2.31. The second-order valence-corrected chi connectivity index (χ2v) is 8.01. The van der Waals surface area contributed by atoms with Crippen LogP contribution in [0.15, 0.2) is 52.3 Å². The second kappa shape index (κ2) is 8.26. The Morgan fingerprint density at radius 1 is 1.15 bits per heavy atom. The molecule has 0 amide bonds. The van der Waals surface area contributed by atoms with E-state index in [0.717, 1.165) is 0 Å². The monoisotopic (exact) mass is 391 g/mol. The minimum Gasteiger partial charge on any atom is -0.493 e. The van der Waals surface area contributed by atoms with Gasteiger partial charge < -0.3 is 9.47 Å². The Morgan fingerprint density at radius 3 is 2.35 bits per heavy atom. The number of sulfone groups is 1. The van der Waals surface area contributed by atoms with Crippen molar-refractivity contribution in [2.75, 3.05) is 7.11 Å². The largest absolute Gasteiger partial charge is 0.493 e. The first-order valence-electron chi connectivity index (χ1n) is 7.75. The summed E-state index contributed by atoms with van der Waals surface area (Å²) in [5.74, 6) is 0.993. The van der Waals surface area contributed by atoms with Crippen molar-refractivity contribution in [3.05, 3.63) is 58.0 Å². The third-order valence-electron chi connectivity index (χ3n) is 3.37. The Labute approximate surface area is 158 Å². The predicted octanol–water partition coefficient (Wildman–Crippen LogP) is 4.47. The molecule has 0 spiro atoms. The smallest absolute Gasteiger partial charge is 0.216 e. The Hall–Kier alpha value is -2.49. The number of allylic oxidation sites excluding steroid dienone is 1. The lowest BCUT2D eigenvalue weighted by Crippen LogP contribution is -2.06. The fourth-order valence-electron chi connectivity index (χ4n) is 2.19. The van der Waals surface area contributed by atoms with Gasteiger partial charge in [-0.25, -0.2) is 8.42 Å². The van der Waals surface area contributed by atoms with Crippen LogP contribution in [0.25, 0.3) is 6.08 Å². The Kier molecular flexibility index (Phi) is 6.30. The van der Waals surface area contributed by atoms with E-state index in [4.69, 9.17) is 21.1 Å². The van der Waals surface area contributed by atoms with Crippen molar-refractivity contribution < 1.29 is 17.9 Å². The number of ether oxygens (including phenoxy) is 2. The van der Waals surface area contributed by atoms with E-state index in [0.29, 0.717) is 22.1 Å². The van der Waals surface area contributed by atoms with Crippen LogP contribution in [0.3, 0.4) is 0 Å². The number of halogens is 1. The standard InChI is InChI=1S/C19H18ClNO4S/c1-13(2)25-18-9-4-14(11-19(18)24-3)10-17(12-21)26(22,23)16-7-5-15(20)6-8-16/h4-11,13H,1-3H3/b17-10+. The maximum absolute atomic E-state index is 12.7. The van der Waals surface area contributed by atoms with Gasteiger partial charge in [-0.15, -0.1) is 0 Å². The first-order chi connectivity index (χ1) is 12.3. The third-order valence-corrected chi connectivity index (χ3v) is 5.30. The molecule has 2 aromatic rings. The molecule has 5 nitrogen and oxygen atoms in total. The fourth-order valence-corrected chi connectivity index (χ4v) is 3.47. The molecule has 7 heteroatoms. The van der Waals surface area contributed by atoms with Gasteiger partial charge in [0.1, 0.15) is 11.0 Å². The van der Waals surface area contributed by atoms with E-state index < -0.39 is 9.84 Å². The van der Waals surface area contributed by atoms with Gasteiger partial charge in [0.15, 0.2) is 11.5 Å². The van der Waals surface area contributed by atoms with Gasteiger partial charge >= 0.3 is 0 Å². The molecule has 0 aliphatic rings. The van der Waals surface area contributed by atoms with Gasteiger partial charge in [-0.2, -0.15) is 5.26 Å². The molecule has 0 saturated carbocycles. The van der Waals surface area contributed by atoms with Crippen LogP contribution in [0.2, 0.25) is 5.02 Å². The maximum Gasteiger partial charge on any atom is 0.216 e. The number of methoxy groups -OCH3 is 1. The lowest BCUT2D eigenvalue weighted by molar-refractivity contribution is 0.230. The van der Waals surface area contributed by atoms with E-state index in [1.807, 2.05) is 13.8 Å². The molecule has 0 atom stereocenters. The van der Waals surface area contributed by atoms with Gasteiger partial charge in [0.2, 0.25) is 9.84 Å². The Morgan fingerprint density at radius 2 is 1.81 bits per heavy atom. The molecule has 136 valence electrons. The van der Waals surface area contributed by atoms with Crippen molar-refractivity contribution in [1.29, 1.82) is 5.26 Å². The molecular weight excluding hydrogens is 374 g/mol. The lowest BCUT2D eigenvalue weighted by atomic mass is 10.2. The molecule has 0 heterocycles. The lowest BCUT2D eigenvalue weighted by Gasteiger charge is -2.14. The SMILES string of the molecule is COc1cc(/C=C(\C#N)S(=O)(=O)c2ccc(Cl)cc2)ccc1OC(C)C. The summed E-state index contributed by atoms with van der Waals surface area (Å²) >= 11 is 5.79. The number of hydrogen-bond acceptors (Lipinski definition) is 5. The highest BCUT2D eigenvalue weighted by Gasteiger charge is 2.21. The van der Waals surface area contributed by atoms with Gasteiger partial charge in [0, 0.05) is 5.02 Å². The summed E-state index contributed by atoms with van der Waals surface area (Å²) in [6.07, 6.45) is 1.26. The quantitative estimate of drug-likeness (QED) is 0.679. The van der Waals surface area contributed by atoms with E-state index in [9.17, 15) is 13.7 Å². The van der Waals surface area contributed by atoms with Crippen LogP contribution in [0, 0.1) is 11.3 Å². The third kappa shape index (κ3) is 4.57. The number of rotatable bonds is 6. The number of nitriles is 1. The first-order valence-corrected chi connectivity index (χ1v) is 9.61. The van der Waals surface area contributed by atoms with Crippen LogP contribution >= 0.6 is 11.6 Å². The molecule has 2 rings (SSSR count). The predicted molar refractivity (Wildman–Crippen MR) is 101 cm³/mol. The van der Waals surface area contributed by atoms with Crippen molar-refractivity contribution in [3.63, 3.8) is 0 Å². The minimum absolute atomic E-state index is 0.00132. The summed E-state index contributed by atoms with van der Waals surface area (Å²) in [6, 6.07) is 12.4. The van der Waals surface area contributed by atoms with Crippen molar-refractivity contribution >= 4 is 27.5 Å². The average molecular weight is 392 g/mol. The van der Waals surface area contributed by atoms with Gasteiger partial charge in [-0.3, -0.25) is 0 Å².